The summed E-state index contributed by atoms with van der Waals surface area (Å²) < 4.78 is 75.0. The average Bonchev–Trinajstić information content (AvgIpc) is 3.48. The van der Waals surface area contributed by atoms with Crippen molar-refractivity contribution in [2.75, 3.05) is 40.0 Å². The lowest BCUT2D eigenvalue weighted by Gasteiger charge is -2.38. The van der Waals surface area contributed by atoms with Gasteiger partial charge in [-0.15, -0.1) is 0 Å². The first kappa shape index (κ1) is 36.6. The van der Waals surface area contributed by atoms with Crippen LogP contribution in [0.5, 0.6) is 11.5 Å². The van der Waals surface area contributed by atoms with Crippen molar-refractivity contribution in [2.45, 2.75) is 25.4 Å². The molecule has 2 aliphatic heterocycles. The van der Waals surface area contributed by atoms with Crippen LogP contribution < -0.4 is 25.2 Å². The lowest BCUT2D eigenvalue weighted by Crippen LogP contribution is -2.55. The van der Waals surface area contributed by atoms with E-state index in [0.717, 1.165) is 48.3 Å². The van der Waals surface area contributed by atoms with Gasteiger partial charge in [0.15, 0.2) is 11.5 Å². The maximum atomic E-state index is 12.6. The van der Waals surface area contributed by atoms with Crippen LogP contribution in [0.15, 0.2) is 66.7 Å². The van der Waals surface area contributed by atoms with Gasteiger partial charge < -0.3 is 39.6 Å². The predicted octanol–water partition coefficient (Wildman–Crippen LogP) is 3.49. The summed E-state index contributed by atoms with van der Waals surface area (Å²) >= 11 is 0. The van der Waals surface area contributed by atoms with E-state index in [0.29, 0.717) is 23.6 Å². The molecule has 2 heterocycles. The van der Waals surface area contributed by atoms with Gasteiger partial charge in [-0.25, -0.2) is 4.79 Å². The van der Waals surface area contributed by atoms with Gasteiger partial charge in [0.25, 0.3) is 5.91 Å². The van der Waals surface area contributed by atoms with Crippen molar-refractivity contribution in [1.82, 2.24) is 10.6 Å². The number of fused-ring (bicyclic) bond motifs is 1. The number of piperazine rings is 1. The number of benzene rings is 3. The molecular formula is C31H31F6N3O7. The maximum Gasteiger partial charge on any atom is 0.490 e. The maximum absolute atomic E-state index is 12.6. The molecule has 3 N–H and O–H groups in total. The number of likely N-dealkylation sites (N-methyl/N-ethyl adjacent to an activating group) is 1. The molecule has 254 valence electrons. The molecule has 16 heteroatoms. The number of nitrogens with one attached hydrogen (secondary N) is 2. The molecule has 1 amide bonds. The second kappa shape index (κ2) is 15.6. The molecule has 1 fully saturated rings. The summed E-state index contributed by atoms with van der Waals surface area (Å²) in [4.78, 5) is 30.3. The van der Waals surface area contributed by atoms with Crippen molar-refractivity contribution >= 4 is 17.8 Å². The van der Waals surface area contributed by atoms with Gasteiger partial charge in [0, 0.05) is 30.8 Å². The number of rotatable bonds is 6. The molecule has 3 aromatic rings. The van der Waals surface area contributed by atoms with E-state index in [2.05, 4.69) is 54.1 Å². The Balaban J connectivity index is 0.000000360. The number of ether oxygens (including phenoxy) is 2. The van der Waals surface area contributed by atoms with Crippen LogP contribution in [0.25, 0.3) is 11.1 Å². The van der Waals surface area contributed by atoms with Gasteiger partial charge in [-0.3, -0.25) is 4.79 Å². The topological polar surface area (TPSA) is 137 Å². The average molecular weight is 672 g/mol. The van der Waals surface area contributed by atoms with E-state index in [1.807, 2.05) is 12.1 Å². The highest BCUT2D eigenvalue weighted by atomic mass is 19.4. The third-order valence-electron chi connectivity index (χ3n) is 6.97. The van der Waals surface area contributed by atoms with Gasteiger partial charge in [-0.05, 0) is 47.0 Å². The smallest absolute Gasteiger partial charge is 0.490 e. The van der Waals surface area contributed by atoms with Crippen molar-refractivity contribution in [3.05, 3.63) is 83.4 Å². The summed E-state index contributed by atoms with van der Waals surface area (Å²) in [6, 6.07) is 22.5. The lowest BCUT2D eigenvalue weighted by molar-refractivity contribution is -0.924. The molecule has 0 bridgehead atoms. The van der Waals surface area contributed by atoms with E-state index in [1.165, 1.54) is 11.1 Å². The largest absolute Gasteiger partial charge is 0.542 e. The second-order valence-corrected chi connectivity index (χ2v) is 10.7. The highest BCUT2D eigenvalue weighted by Gasteiger charge is 2.38. The number of nitrogens with zero attached hydrogens (tertiary/aromatic N) is 1. The van der Waals surface area contributed by atoms with Crippen LogP contribution in [-0.4, -0.2) is 79.8 Å². The fraction of sp³-hybridized carbons (Fsp3) is 0.323. The Hall–Kier alpha value is -4.83. The van der Waals surface area contributed by atoms with Crippen molar-refractivity contribution in [2.24, 2.45) is 0 Å². The van der Waals surface area contributed by atoms with Gasteiger partial charge in [-0.2, -0.15) is 26.3 Å². The number of hydrogen-bond acceptors (Lipinski definition) is 7. The van der Waals surface area contributed by atoms with Crippen LogP contribution in [0.1, 0.15) is 21.5 Å². The molecule has 0 unspecified atom stereocenters. The van der Waals surface area contributed by atoms with Crippen LogP contribution in [-0.2, 0) is 22.7 Å². The fourth-order valence-corrected chi connectivity index (χ4v) is 4.57. The Bertz CT molecular complexity index is 1530. The van der Waals surface area contributed by atoms with Crippen molar-refractivity contribution in [1.29, 1.82) is 0 Å². The van der Waals surface area contributed by atoms with Crippen molar-refractivity contribution < 1.29 is 64.9 Å². The van der Waals surface area contributed by atoms with Crippen molar-refractivity contribution in [3.63, 3.8) is 0 Å². The Morgan fingerprint density at radius 3 is 1.94 bits per heavy atom. The molecule has 47 heavy (non-hydrogen) atoms. The zero-order valence-electron chi connectivity index (χ0n) is 24.9. The summed E-state index contributed by atoms with van der Waals surface area (Å²) in [5.74, 6) is -4.61. The molecule has 0 radical (unpaired) electrons. The molecule has 0 atom stereocenters. The summed E-state index contributed by atoms with van der Waals surface area (Å²) in [7, 11) is 2.34. The molecule has 1 saturated heterocycles. The van der Waals surface area contributed by atoms with E-state index < -0.39 is 24.3 Å². The van der Waals surface area contributed by atoms with Crippen LogP contribution in [0.4, 0.5) is 26.3 Å². The van der Waals surface area contributed by atoms with E-state index >= 15 is 0 Å². The predicted molar refractivity (Wildman–Crippen MR) is 153 cm³/mol. The number of alkyl halides is 6. The normalized spacial score (nSPS) is 14.9. The van der Waals surface area contributed by atoms with Gasteiger partial charge in [0.05, 0.1) is 20.1 Å². The minimum Gasteiger partial charge on any atom is -0.542 e. The highest BCUT2D eigenvalue weighted by Crippen LogP contribution is 2.32. The Morgan fingerprint density at radius 1 is 0.851 bits per heavy atom. The highest BCUT2D eigenvalue weighted by molar-refractivity contribution is 5.94. The number of amides is 1. The molecule has 0 aromatic heterocycles. The van der Waals surface area contributed by atoms with E-state index in [4.69, 9.17) is 29.3 Å². The molecule has 0 saturated carbocycles. The first-order valence-electron chi connectivity index (χ1n) is 14.0. The van der Waals surface area contributed by atoms with Gasteiger partial charge in [0.1, 0.15) is 12.5 Å². The molecule has 5 rings (SSSR count). The van der Waals surface area contributed by atoms with E-state index in [9.17, 15) is 31.1 Å². The van der Waals surface area contributed by atoms with Crippen LogP contribution >= 0.6 is 0 Å². The standard InChI is InChI=1S/C27H29N3O3.2C2HF3O2/c1-30(12-10-28-11-13-30)18-21-5-3-7-23(15-21)22-6-2-4-20(14-22)17-29-27(31)24-8-9-25-26(16-24)33-19-32-25;2*3-2(4,5)1(6)7/h2-9,14-16,28H,10-13,17-19H2,1H3;2*(H,6,7). The summed E-state index contributed by atoms with van der Waals surface area (Å²) in [5.41, 5.74) is 5.35. The minimum absolute atomic E-state index is 0.131. The molecular weight excluding hydrogens is 640 g/mol. The fourth-order valence-electron chi connectivity index (χ4n) is 4.57. The Kier molecular flexibility index (Phi) is 12.2. The molecule has 10 nitrogen and oxygen atoms in total. The number of carbonyl (C=O) groups is 3. The monoisotopic (exact) mass is 671 g/mol. The molecule has 3 aromatic carbocycles. The number of aliphatic carboxylic acids is 2. The molecule has 0 aliphatic carbocycles. The van der Waals surface area contributed by atoms with E-state index in [-0.39, 0.29) is 12.7 Å². The summed E-state index contributed by atoms with van der Waals surface area (Å²) in [5, 5.41) is 22.4. The molecule has 2 aliphatic rings. The summed E-state index contributed by atoms with van der Waals surface area (Å²) in [6.07, 6.45) is -10.3. The zero-order valence-corrected chi connectivity index (χ0v) is 24.9. The zero-order chi connectivity index (χ0) is 34.8. The Morgan fingerprint density at radius 2 is 1.38 bits per heavy atom. The number of halogens is 6. The minimum atomic E-state index is -5.19. The van der Waals surface area contributed by atoms with Crippen molar-refractivity contribution in [3.8, 4) is 22.6 Å². The number of carbonyl (C=O) groups excluding carboxylic acids is 2. The summed E-state index contributed by atoms with van der Waals surface area (Å²) in [6.45, 7) is 6.17. The van der Waals surface area contributed by atoms with Crippen LogP contribution in [0.2, 0.25) is 0 Å². The van der Waals surface area contributed by atoms with Gasteiger partial charge in [-0.1, -0.05) is 36.4 Å². The van der Waals surface area contributed by atoms with Gasteiger partial charge in [0.2, 0.25) is 6.79 Å². The lowest BCUT2D eigenvalue weighted by atomic mass is 10.0. The number of carboxylic acid groups (broad SMARTS) is 2. The number of quaternary nitrogens is 1. The quantitative estimate of drug-likeness (QED) is 0.268. The van der Waals surface area contributed by atoms with E-state index in [1.54, 1.807) is 18.2 Å². The Labute approximate surface area is 265 Å². The molecule has 0 spiro atoms. The first-order chi connectivity index (χ1) is 22.0. The number of carboxylic acids is 2. The second-order valence-electron chi connectivity index (χ2n) is 10.7. The number of hydrogen-bond donors (Lipinski definition) is 3. The van der Waals surface area contributed by atoms with Crippen LogP contribution in [0, 0.1) is 0 Å². The van der Waals surface area contributed by atoms with Crippen LogP contribution in [0.3, 0.4) is 0 Å². The first-order valence-corrected chi connectivity index (χ1v) is 14.0. The van der Waals surface area contributed by atoms with Gasteiger partial charge >= 0.3 is 18.3 Å². The SMILES string of the molecule is C[N+]1(Cc2cccc(-c3cccc(CNC(=O)c4ccc5c(c4)OCO5)c3)c2)CCNCC1.O=C(O)C(F)(F)F.O=C([O-])C(F)(F)F. The third-order valence-corrected chi connectivity index (χ3v) is 6.97. The third kappa shape index (κ3) is 11.5.